The van der Waals surface area contributed by atoms with Crippen LogP contribution in [0, 0.1) is 0 Å². The molecule has 0 fully saturated rings. The van der Waals surface area contributed by atoms with Crippen LogP contribution in [0.2, 0.25) is 0 Å². The molecule has 0 aromatic rings. The molecule has 0 aromatic heterocycles. The summed E-state index contributed by atoms with van der Waals surface area (Å²) >= 11 is 0. The van der Waals surface area contributed by atoms with E-state index in [9.17, 15) is 53.5 Å². The molecule has 0 bridgehead atoms. The molecule has 0 aliphatic carbocycles. The smallest absolute Gasteiger partial charge is 0.348 e. The number of hydrogen-bond donors (Lipinski definition) is 2. The summed E-state index contributed by atoms with van der Waals surface area (Å²) < 4.78 is 140. The number of rotatable bonds is 16. The summed E-state index contributed by atoms with van der Waals surface area (Å²) in [4.78, 5) is 23.2. The van der Waals surface area contributed by atoms with Gasteiger partial charge >= 0.3 is 29.6 Å². The number of hydrogen-bond acceptors (Lipinski definition) is 2. The van der Waals surface area contributed by atoms with Crippen molar-refractivity contribution >= 4 is 11.8 Å². The van der Waals surface area contributed by atoms with E-state index in [0.717, 1.165) is 13.8 Å². The van der Waals surface area contributed by atoms with Crippen LogP contribution in [-0.2, 0) is 9.59 Å². The van der Waals surface area contributed by atoms with E-state index in [0.29, 0.717) is 38.5 Å². The zero-order chi connectivity index (χ0) is 27.9. The Balaban J connectivity index is 5.81. The van der Waals surface area contributed by atoms with Gasteiger partial charge in [-0.25, -0.2) is 0 Å². The van der Waals surface area contributed by atoms with Crippen molar-refractivity contribution in [3.05, 3.63) is 0 Å². The highest BCUT2D eigenvalue weighted by atomic mass is 19.4. The van der Waals surface area contributed by atoms with Gasteiger partial charge in [-0.05, 0) is 26.7 Å². The van der Waals surface area contributed by atoms with Crippen LogP contribution in [0.15, 0.2) is 0 Å². The van der Waals surface area contributed by atoms with Crippen molar-refractivity contribution in [2.45, 2.75) is 121 Å². The van der Waals surface area contributed by atoms with Gasteiger partial charge in [0.1, 0.15) is 0 Å². The van der Waals surface area contributed by atoms with E-state index in [1.807, 2.05) is 0 Å². The van der Waals surface area contributed by atoms with Crippen LogP contribution in [0.4, 0.5) is 43.9 Å². The number of carbonyl (C=O) groups is 2. The maximum Gasteiger partial charge on any atom is 0.392 e. The van der Waals surface area contributed by atoms with E-state index in [2.05, 4.69) is 0 Å². The monoisotopic (exact) mass is 534 g/mol. The second kappa shape index (κ2) is 12.5. The quantitative estimate of drug-likeness (QED) is 0.180. The molecule has 0 heterocycles. The van der Waals surface area contributed by atoms with Gasteiger partial charge in [-0.1, -0.05) is 52.4 Å². The van der Waals surface area contributed by atoms with Crippen LogP contribution in [0.1, 0.15) is 79.1 Å². The first kappa shape index (κ1) is 33.2. The normalized spacial score (nSPS) is 15.5. The summed E-state index contributed by atoms with van der Waals surface area (Å²) in [5.74, 6) is -41.2. The van der Waals surface area contributed by atoms with Crippen molar-refractivity contribution in [2.75, 3.05) is 0 Å². The molecule has 0 radical (unpaired) electrons. The van der Waals surface area contributed by atoms with Gasteiger partial charge in [-0.15, -0.1) is 0 Å². The maximum atomic E-state index is 14.0. The highest BCUT2D eigenvalue weighted by molar-refractivity contribution is 5.86. The van der Waals surface area contributed by atoms with E-state index >= 15 is 0 Å². The third-order valence-corrected chi connectivity index (χ3v) is 5.38. The van der Waals surface area contributed by atoms with Gasteiger partial charge in [-0.2, -0.15) is 43.9 Å². The second-order valence-electron chi connectivity index (χ2n) is 8.61. The molecule has 2 unspecified atom stereocenters. The molecule has 2 amide bonds. The van der Waals surface area contributed by atoms with Crippen LogP contribution >= 0.6 is 0 Å². The van der Waals surface area contributed by atoms with E-state index in [1.165, 1.54) is 10.6 Å². The Labute approximate surface area is 197 Å². The van der Waals surface area contributed by atoms with E-state index in [-0.39, 0.29) is 12.8 Å². The zero-order valence-corrected chi connectivity index (χ0v) is 19.9. The molecule has 0 aliphatic rings. The average molecular weight is 534 g/mol. The molecule has 208 valence electrons. The molecule has 0 aromatic carbocycles. The molecule has 0 saturated heterocycles. The highest BCUT2D eigenvalue weighted by Gasteiger charge is 2.89. The Kier molecular flexibility index (Phi) is 11.8. The van der Waals surface area contributed by atoms with Gasteiger partial charge in [0, 0.05) is 12.1 Å². The van der Waals surface area contributed by atoms with Crippen LogP contribution in [-0.4, -0.2) is 53.5 Å². The van der Waals surface area contributed by atoms with Crippen molar-refractivity contribution in [2.24, 2.45) is 0 Å². The third kappa shape index (κ3) is 7.14. The number of unbranched alkanes of at least 4 members (excludes halogenated alkanes) is 4. The largest absolute Gasteiger partial charge is 0.392 e. The Bertz CT molecular complexity index is 646. The van der Waals surface area contributed by atoms with Crippen LogP contribution in [0.3, 0.4) is 0 Å². The van der Waals surface area contributed by atoms with E-state index in [1.54, 1.807) is 13.8 Å². The zero-order valence-electron chi connectivity index (χ0n) is 19.9. The third-order valence-electron chi connectivity index (χ3n) is 5.38. The number of amides is 2. The van der Waals surface area contributed by atoms with Crippen molar-refractivity contribution in [1.82, 2.24) is 10.6 Å². The van der Waals surface area contributed by atoms with E-state index < -0.39 is 53.5 Å². The molecule has 0 saturated carbocycles. The molecule has 35 heavy (non-hydrogen) atoms. The predicted molar refractivity (Wildman–Crippen MR) is 108 cm³/mol. The molecule has 2 N–H and O–H groups in total. The lowest BCUT2D eigenvalue weighted by Gasteiger charge is -2.38. The first-order valence-corrected chi connectivity index (χ1v) is 11.3. The summed E-state index contributed by atoms with van der Waals surface area (Å²) in [6, 6.07) is -2.46. The van der Waals surface area contributed by atoms with Crippen LogP contribution in [0.5, 0.6) is 0 Å². The molecule has 0 aliphatic heterocycles. The van der Waals surface area contributed by atoms with Crippen molar-refractivity contribution in [3.63, 3.8) is 0 Å². The lowest BCUT2D eigenvalue weighted by atomic mass is 9.93. The molecule has 2 atom stereocenters. The number of carbonyl (C=O) groups excluding carboxylic acids is 2. The summed E-state index contributed by atoms with van der Waals surface area (Å²) in [6.45, 7) is 5.69. The first-order valence-electron chi connectivity index (χ1n) is 11.3. The molecular weight excluding hydrogens is 502 g/mol. The van der Waals surface area contributed by atoms with Crippen molar-refractivity contribution in [3.8, 4) is 0 Å². The van der Waals surface area contributed by atoms with Gasteiger partial charge in [0.2, 0.25) is 0 Å². The maximum absolute atomic E-state index is 14.0. The lowest BCUT2D eigenvalue weighted by Crippen LogP contribution is -2.72. The number of alkyl halides is 10. The van der Waals surface area contributed by atoms with Gasteiger partial charge in [0.25, 0.3) is 11.8 Å². The molecular formula is C21H32F10N2O2. The topological polar surface area (TPSA) is 58.2 Å². The minimum atomic E-state index is -7.50. The summed E-state index contributed by atoms with van der Waals surface area (Å²) in [6.07, 6.45) is 3.07. The second-order valence-corrected chi connectivity index (χ2v) is 8.61. The first-order chi connectivity index (χ1) is 15.8. The molecule has 0 spiro atoms. The van der Waals surface area contributed by atoms with Gasteiger partial charge < -0.3 is 10.6 Å². The van der Waals surface area contributed by atoms with Crippen LogP contribution < -0.4 is 10.6 Å². The Morgan fingerprint density at radius 1 is 0.571 bits per heavy atom. The summed E-state index contributed by atoms with van der Waals surface area (Å²) in [5.41, 5.74) is 0. The van der Waals surface area contributed by atoms with Crippen LogP contribution in [0.25, 0.3) is 0 Å². The van der Waals surface area contributed by atoms with Crippen molar-refractivity contribution in [1.29, 1.82) is 0 Å². The Morgan fingerprint density at radius 3 is 1.11 bits per heavy atom. The SMILES string of the molecule is CCCCCC(C)NC(=O)C(F)(F)C(F)(F)C(F)(F)C(F)(F)C(F)(F)C(=O)NC(C)CCCCC. The summed E-state index contributed by atoms with van der Waals surface area (Å²) in [7, 11) is 0. The average Bonchev–Trinajstić information content (AvgIpc) is 2.73. The minimum Gasteiger partial charge on any atom is -0.348 e. The van der Waals surface area contributed by atoms with E-state index in [4.69, 9.17) is 0 Å². The van der Waals surface area contributed by atoms with Gasteiger partial charge in [0.05, 0.1) is 0 Å². The Morgan fingerprint density at radius 2 is 0.857 bits per heavy atom. The lowest BCUT2D eigenvalue weighted by molar-refractivity contribution is -0.388. The predicted octanol–water partition coefficient (Wildman–Crippen LogP) is 6.33. The van der Waals surface area contributed by atoms with Crippen molar-refractivity contribution < 1.29 is 53.5 Å². The highest BCUT2D eigenvalue weighted by Crippen LogP contribution is 2.57. The van der Waals surface area contributed by atoms with Gasteiger partial charge in [0.15, 0.2) is 0 Å². The molecule has 0 rings (SSSR count). The standard InChI is InChI=1S/C21H32F10N2O2/c1-5-7-9-11-13(3)32-15(34)17(22,23)19(26,27)21(30,31)20(28,29)18(24,25)16(35)33-14(4)12-10-8-6-2/h13-14H,5-12H2,1-4H3,(H,32,34)(H,33,35). The Hall–Kier alpha value is -1.76. The summed E-state index contributed by atoms with van der Waals surface area (Å²) in [5, 5.41) is 2.61. The fourth-order valence-electron chi connectivity index (χ4n) is 3.05. The fraction of sp³-hybridized carbons (Fsp3) is 0.905. The number of nitrogens with one attached hydrogen (secondary N) is 2. The number of halogens is 10. The molecule has 14 heteroatoms. The molecule has 4 nitrogen and oxygen atoms in total. The minimum absolute atomic E-state index is 0.0253. The van der Waals surface area contributed by atoms with Gasteiger partial charge in [-0.3, -0.25) is 9.59 Å². The fourth-order valence-corrected chi connectivity index (χ4v) is 3.05.